The van der Waals surface area contributed by atoms with E-state index >= 15 is 0 Å². The van der Waals surface area contributed by atoms with Crippen molar-refractivity contribution in [1.29, 1.82) is 0 Å². The van der Waals surface area contributed by atoms with Crippen LogP contribution in [-0.4, -0.2) is 42.9 Å². The fourth-order valence-electron chi connectivity index (χ4n) is 3.19. The number of H-pyrrole nitrogens is 1. The topological polar surface area (TPSA) is 161 Å². The molecule has 0 aliphatic heterocycles. The molecule has 0 atom stereocenters. The van der Waals surface area contributed by atoms with Crippen LogP contribution in [0.15, 0.2) is 49.1 Å². The number of pyridine rings is 1. The maximum atomic E-state index is 10.8. The quantitative estimate of drug-likeness (QED) is 0.152. The zero-order valence-electron chi connectivity index (χ0n) is 17.6. The summed E-state index contributed by atoms with van der Waals surface area (Å²) in [5.41, 5.74) is 8.28. The molecule has 3 aromatic heterocycles. The molecule has 0 aliphatic rings. The Labute approximate surface area is 203 Å². The van der Waals surface area contributed by atoms with Crippen LogP contribution in [0, 0.1) is 10.1 Å². The molecule has 4 aromatic rings. The summed E-state index contributed by atoms with van der Waals surface area (Å²) in [6, 6.07) is 8.06. The van der Waals surface area contributed by atoms with E-state index in [1.807, 2.05) is 6.07 Å². The highest BCUT2D eigenvalue weighted by Crippen LogP contribution is 2.34. The molecule has 0 spiro atoms. The standard InChI is InChI=1S/C21H19Cl2N9O2/c22-12-1-2-13(15(23)7-12)20-14(16-9-26-11-29-16)8-28-19(30-20)10-25-5-6-27-18-4-3-17(32(33)34)21(24)31-18/h1-4,7-9,11,25H,5-6,10H2,(H,26,29)(H3,24,27,31). The van der Waals surface area contributed by atoms with Crippen LogP contribution in [0.2, 0.25) is 10.0 Å². The van der Waals surface area contributed by atoms with Crippen molar-refractivity contribution in [3.8, 4) is 22.5 Å². The van der Waals surface area contributed by atoms with Gasteiger partial charge in [0.05, 0.1) is 40.4 Å². The van der Waals surface area contributed by atoms with Gasteiger partial charge in [-0.1, -0.05) is 23.2 Å². The van der Waals surface area contributed by atoms with Crippen LogP contribution in [0.1, 0.15) is 5.82 Å². The lowest BCUT2D eigenvalue weighted by Crippen LogP contribution is -2.23. The van der Waals surface area contributed by atoms with Gasteiger partial charge in [-0.15, -0.1) is 0 Å². The van der Waals surface area contributed by atoms with Gasteiger partial charge in [0, 0.05) is 41.5 Å². The van der Waals surface area contributed by atoms with Crippen LogP contribution in [0.25, 0.3) is 22.5 Å². The monoisotopic (exact) mass is 499 g/mol. The summed E-state index contributed by atoms with van der Waals surface area (Å²) >= 11 is 12.5. The van der Waals surface area contributed by atoms with E-state index in [1.165, 1.54) is 12.1 Å². The molecule has 0 fully saturated rings. The Kier molecular flexibility index (Phi) is 7.16. The first-order valence-corrected chi connectivity index (χ1v) is 10.8. The molecule has 0 unspecified atom stereocenters. The van der Waals surface area contributed by atoms with Gasteiger partial charge in [-0.2, -0.15) is 0 Å². The van der Waals surface area contributed by atoms with Crippen molar-refractivity contribution in [1.82, 2.24) is 30.2 Å². The molecule has 0 amide bonds. The van der Waals surface area contributed by atoms with E-state index in [0.29, 0.717) is 47.0 Å². The van der Waals surface area contributed by atoms with Crippen molar-refractivity contribution in [3.63, 3.8) is 0 Å². The lowest BCUT2D eigenvalue weighted by atomic mass is 10.1. The SMILES string of the molecule is Nc1nc(NCCNCc2ncc(-c3cnc[nH]3)c(-c3ccc(Cl)cc3Cl)n2)ccc1[N+](=O)[O-]. The number of nitro groups is 1. The van der Waals surface area contributed by atoms with E-state index in [1.54, 1.807) is 30.9 Å². The number of benzene rings is 1. The predicted molar refractivity (Wildman–Crippen MR) is 131 cm³/mol. The van der Waals surface area contributed by atoms with Crippen LogP contribution in [0.4, 0.5) is 17.3 Å². The van der Waals surface area contributed by atoms with Gasteiger partial charge < -0.3 is 21.4 Å². The van der Waals surface area contributed by atoms with Gasteiger partial charge in [-0.3, -0.25) is 10.1 Å². The van der Waals surface area contributed by atoms with Crippen molar-refractivity contribution in [2.75, 3.05) is 24.1 Å². The van der Waals surface area contributed by atoms with E-state index in [9.17, 15) is 10.1 Å². The number of nitrogen functional groups attached to an aromatic ring is 1. The van der Waals surface area contributed by atoms with Gasteiger partial charge in [0.15, 0.2) is 0 Å². The third kappa shape index (κ3) is 5.39. The first-order valence-electron chi connectivity index (χ1n) is 10.1. The van der Waals surface area contributed by atoms with Crippen molar-refractivity contribution in [2.45, 2.75) is 6.54 Å². The summed E-state index contributed by atoms with van der Waals surface area (Å²) < 4.78 is 0. The number of aromatic amines is 1. The smallest absolute Gasteiger partial charge is 0.311 e. The molecule has 34 heavy (non-hydrogen) atoms. The number of anilines is 2. The summed E-state index contributed by atoms with van der Waals surface area (Å²) in [5.74, 6) is 0.883. The average Bonchev–Trinajstić information content (AvgIpc) is 3.33. The number of nitrogens with zero attached hydrogens (tertiary/aromatic N) is 5. The largest absolute Gasteiger partial charge is 0.378 e. The fourth-order valence-corrected chi connectivity index (χ4v) is 3.69. The summed E-state index contributed by atoms with van der Waals surface area (Å²) in [7, 11) is 0. The van der Waals surface area contributed by atoms with Crippen molar-refractivity contribution in [2.24, 2.45) is 0 Å². The van der Waals surface area contributed by atoms with Gasteiger partial charge >= 0.3 is 5.69 Å². The van der Waals surface area contributed by atoms with E-state index < -0.39 is 4.92 Å². The van der Waals surface area contributed by atoms with E-state index in [4.69, 9.17) is 33.9 Å². The number of nitrogens with two attached hydrogens (primary N) is 1. The summed E-state index contributed by atoms with van der Waals surface area (Å²) in [4.78, 5) is 30.6. The Hall–Kier alpha value is -3.80. The second kappa shape index (κ2) is 10.4. The molecule has 4 rings (SSSR count). The molecule has 11 nitrogen and oxygen atoms in total. The molecule has 0 radical (unpaired) electrons. The highest BCUT2D eigenvalue weighted by Gasteiger charge is 2.16. The molecule has 174 valence electrons. The van der Waals surface area contributed by atoms with Crippen molar-refractivity contribution in [3.05, 3.63) is 75.0 Å². The Bertz CT molecular complexity index is 1320. The van der Waals surface area contributed by atoms with E-state index in [0.717, 1.165) is 16.8 Å². The first-order chi connectivity index (χ1) is 16.4. The predicted octanol–water partition coefficient (Wildman–Crippen LogP) is 3.93. The number of hydrogen-bond acceptors (Lipinski definition) is 9. The molecule has 0 saturated heterocycles. The molecule has 5 N–H and O–H groups in total. The normalized spacial score (nSPS) is 10.9. The number of hydrogen-bond donors (Lipinski definition) is 4. The van der Waals surface area contributed by atoms with E-state index in [2.05, 4.69) is 30.6 Å². The molecule has 0 saturated carbocycles. The van der Waals surface area contributed by atoms with Gasteiger partial charge in [-0.05, 0) is 24.3 Å². The van der Waals surface area contributed by atoms with Crippen LogP contribution in [0.5, 0.6) is 0 Å². The van der Waals surface area contributed by atoms with Gasteiger partial charge in [0.2, 0.25) is 5.82 Å². The Balaban J connectivity index is 1.43. The second-order valence-corrected chi connectivity index (χ2v) is 7.94. The van der Waals surface area contributed by atoms with Gasteiger partial charge in [-0.25, -0.2) is 19.9 Å². The Morgan fingerprint density at radius 3 is 2.65 bits per heavy atom. The molecular weight excluding hydrogens is 481 g/mol. The molecule has 0 aliphatic carbocycles. The number of halogens is 2. The second-order valence-electron chi connectivity index (χ2n) is 7.10. The third-order valence-corrected chi connectivity index (χ3v) is 5.35. The number of rotatable bonds is 9. The third-order valence-electron chi connectivity index (χ3n) is 4.80. The lowest BCUT2D eigenvalue weighted by molar-refractivity contribution is -0.384. The van der Waals surface area contributed by atoms with Gasteiger partial charge in [0.1, 0.15) is 11.6 Å². The van der Waals surface area contributed by atoms with E-state index in [-0.39, 0.29) is 11.5 Å². The summed E-state index contributed by atoms with van der Waals surface area (Å²) in [6.07, 6.45) is 4.99. The number of nitrogens with one attached hydrogen (secondary N) is 3. The number of aromatic nitrogens is 5. The van der Waals surface area contributed by atoms with Crippen LogP contribution >= 0.6 is 23.2 Å². The highest BCUT2D eigenvalue weighted by molar-refractivity contribution is 6.36. The minimum atomic E-state index is -0.573. The maximum Gasteiger partial charge on any atom is 0.311 e. The fraction of sp³-hybridized carbons (Fsp3) is 0.143. The zero-order valence-corrected chi connectivity index (χ0v) is 19.1. The molecule has 13 heteroatoms. The molecule has 3 heterocycles. The van der Waals surface area contributed by atoms with Crippen molar-refractivity contribution >= 4 is 40.5 Å². The minimum Gasteiger partial charge on any atom is -0.378 e. The lowest BCUT2D eigenvalue weighted by Gasteiger charge is -2.12. The molecular formula is C21H19Cl2N9O2. The number of imidazole rings is 1. The maximum absolute atomic E-state index is 10.8. The highest BCUT2D eigenvalue weighted by atomic mass is 35.5. The zero-order chi connectivity index (χ0) is 24.1. The molecule has 1 aromatic carbocycles. The summed E-state index contributed by atoms with van der Waals surface area (Å²) in [6.45, 7) is 1.46. The van der Waals surface area contributed by atoms with Gasteiger partial charge in [0.25, 0.3) is 0 Å². The van der Waals surface area contributed by atoms with Crippen LogP contribution < -0.4 is 16.4 Å². The Morgan fingerprint density at radius 2 is 1.94 bits per heavy atom. The van der Waals surface area contributed by atoms with Crippen LogP contribution in [0.3, 0.4) is 0 Å². The first kappa shape index (κ1) is 23.4. The van der Waals surface area contributed by atoms with Crippen molar-refractivity contribution < 1.29 is 4.92 Å². The molecule has 0 bridgehead atoms. The Morgan fingerprint density at radius 1 is 1.09 bits per heavy atom. The average molecular weight is 500 g/mol. The summed E-state index contributed by atoms with van der Waals surface area (Å²) in [5, 5.41) is 18.1. The van der Waals surface area contributed by atoms with Crippen LogP contribution in [-0.2, 0) is 6.54 Å². The minimum absolute atomic E-state index is 0.137.